The zero-order valence-corrected chi connectivity index (χ0v) is 15.9. The molecule has 1 fully saturated rings. The number of carbonyl (C=O) groups excluding carboxylic acids is 2. The molecule has 0 aromatic heterocycles. The van der Waals surface area contributed by atoms with Crippen LogP contribution in [0, 0.1) is 19.7 Å². The van der Waals surface area contributed by atoms with Crippen LogP contribution in [0.2, 0.25) is 0 Å². The van der Waals surface area contributed by atoms with Crippen molar-refractivity contribution in [1.29, 1.82) is 0 Å². The number of benzene rings is 2. The summed E-state index contributed by atoms with van der Waals surface area (Å²) in [5, 5.41) is 0. The van der Waals surface area contributed by atoms with E-state index in [1.54, 1.807) is 17.0 Å². The van der Waals surface area contributed by atoms with Crippen LogP contribution in [-0.2, 0) is 11.2 Å². The molecule has 3 rings (SSSR count). The molecule has 2 amide bonds. The monoisotopic (exact) mass is 368 g/mol. The minimum atomic E-state index is -0.416. The lowest BCUT2D eigenvalue weighted by atomic mass is 10.0. The SMILES string of the molecule is Cc1ccc(CC(=O)N2CCCN(C(=O)c3cccc(F)c3)CC2)cc1C. The fourth-order valence-corrected chi connectivity index (χ4v) is 3.37. The molecule has 142 valence electrons. The Morgan fingerprint density at radius 1 is 0.926 bits per heavy atom. The van der Waals surface area contributed by atoms with E-state index in [0.717, 1.165) is 12.0 Å². The number of hydrogen-bond acceptors (Lipinski definition) is 2. The summed E-state index contributed by atoms with van der Waals surface area (Å²) in [6, 6.07) is 11.9. The summed E-state index contributed by atoms with van der Waals surface area (Å²) >= 11 is 0. The Balaban J connectivity index is 1.61. The summed E-state index contributed by atoms with van der Waals surface area (Å²) in [6.07, 6.45) is 1.10. The smallest absolute Gasteiger partial charge is 0.254 e. The second kappa shape index (κ2) is 8.33. The Kier molecular flexibility index (Phi) is 5.89. The molecule has 1 aliphatic heterocycles. The maximum absolute atomic E-state index is 13.4. The fourth-order valence-electron chi connectivity index (χ4n) is 3.37. The van der Waals surface area contributed by atoms with Crippen molar-refractivity contribution in [3.05, 3.63) is 70.5 Å². The van der Waals surface area contributed by atoms with Crippen molar-refractivity contribution in [2.75, 3.05) is 26.2 Å². The Morgan fingerprint density at radius 3 is 2.41 bits per heavy atom. The molecule has 27 heavy (non-hydrogen) atoms. The predicted molar refractivity (Wildman–Crippen MR) is 103 cm³/mol. The van der Waals surface area contributed by atoms with Crippen molar-refractivity contribution in [3.63, 3.8) is 0 Å². The first-order chi connectivity index (χ1) is 12.9. The van der Waals surface area contributed by atoms with E-state index >= 15 is 0 Å². The third-order valence-corrected chi connectivity index (χ3v) is 5.13. The van der Waals surface area contributed by atoms with Gasteiger partial charge in [0, 0.05) is 31.7 Å². The molecule has 0 spiro atoms. The molecule has 0 atom stereocenters. The number of nitrogens with zero attached hydrogens (tertiary/aromatic N) is 2. The van der Waals surface area contributed by atoms with Crippen LogP contribution in [0.15, 0.2) is 42.5 Å². The van der Waals surface area contributed by atoms with Crippen LogP contribution in [0.1, 0.15) is 33.5 Å². The van der Waals surface area contributed by atoms with E-state index < -0.39 is 5.82 Å². The summed E-state index contributed by atoms with van der Waals surface area (Å²) in [4.78, 5) is 28.8. The molecule has 0 unspecified atom stereocenters. The summed E-state index contributed by atoms with van der Waals surface area (Å²) in [5.74, 6) is -0.517. The minimum Gasteiger partial charge on any atom is -0.341 e. The molecule has 1 aliphatic rings. The van der Waals surface area contributed by atoms with Gasteiger partial charge < -0.3 is 9.80 Å². The summed E-state index contributed by atoms with van der Waals surface area (Å²) in [6.45, 7) is 6.28. The minimum absolute atomic E-state index is 0.0818. The highest BCUT2D eigenvalue weighted by Gasteiger charge is 2.23. The average Bonchev–Trinajstić information content (AvgIpc) is 2.90. The third-order valence-electron chi connectivity index (χ3n) is 5.13. The number of halogens is 1. The third kappa shape index (κ3) is 4.73. The second-order valence-electron chi connectivity index (χ2n) is 7.13. The highest BCUT2D eigenvalue weighted by Crippen LogP contribution is 2.14. The van der Waals surface area contributed by atoms with Gasteiger partial charge in [-0.1, -0.05) is 24.3 Å². The van der Waals surface area contributed by atoms with Crippen molar-refractivity contribution in [2.45, 2.75) is 26.7 Å². The molecule has 2 aromatic rings. The molecule has 0 radical (unpaired) electrons. The maximum Gasteiger partial charge on any atom is 0.254 e. The van der Waals surface area contributed by atoms with Crippen LogP contribution in [0.3, 0.4) is 0 Å². The molecule has 0 aliphatic carbocycles. The molecule has 0 N–H and O–H groups in total. The molecule has 0 bridgehead atoms. The number of hydrogen-bond donors (Lipinski definition) is 0. The van der Waals surface area contributed by atoms with Crippen LogP contribution >= 0.6 is 0 Å². The van der Waals surface area contributed by atoms with Crippen LogP contribution in [0.25, 0.3) is 0 Å². The first-order valence-corrected chi connectivity index (χ1v) is 9.33. The van der Waals surface area contributed by atoms with Gasteiger partial charge >= 0.3 is 0 Å². The van der Waals surface area contributed by atoms with Crippen LogP contribution < -0.4 is 0 Å². The lowest BCUT2D eigenvalue weighted by Crippen LogP contribution is -2.38. The van der Waals surface area contributed by atoms with Crippen molar-refractivity contribution < 1.29 is 14.0 Å². The quantitative estimate of drug-likeness (QED) is 0.834. The number of rotatable bonds is 3. The fraction of sp³-hybridized carbons (Fsp3) is 0.364. The first kappa shape index (κ1) is 19.1. The van der Waals surface area contributed by atoms with Gasteiger partial charge in [0.05, 0.1) is 6.42 Å². The Hall–Kier alpha value is -2.69. The van der Waals surface area contributed by atoms with Crippen molar-refractivity contribution in [2.24, 2.45) is 0 Å². The maximum atomic E-state index is 13.4. The van der Waals surface area contributed by atoms with Gasteiger partial charge in [-0.2, -0.15) is 0 Å². The predicted octanol–water partition coefficient (Wildman–Crippen LogP) is 3.36. The van der Waals surface area contributed by atoms with E-state index in [1.807, 2.05) is 24.0 Å². The van der Waals surface area contributed by atoms with Gasteiger partial charge in [0.1, 0.15) is 5.82 Å². The molecule has 1 heterocycles. The van der Waals surface area contributed by atoms with Crippen molar-refractivity contribution in [3.8, 4) is 0 Å². The largest absolute Gasteiger partial charge is 0.341 e. The van der Waals surface area contributed by atoms with Gasteiger partial charge in [-0.25, -0.2) is 4.39 Å². The van der Waals surface area contributed by atoms with E-state index in [-0.39, 0.29) is 11.8 Å². The number of amides is 2. The van der Waals surface area contributed by atoms with Gasteiger partial charge in [-0.05, 0) is 55.2 Å². The average molecular weight is 368 g/mol. The number of carbonyl (C=O) groups is 2. The van der Waals surface area contributed by atoms with Gasteiger partial charge in [-0.15, -0.1) is 0 Å². The highest BCUT2D eigenvalue weighted by atomic mass is 19.1. The standard InChI is InChI=1S/C22H25FN2O2/c1-16-7-8-18(13-17(16)2)14-21(26)24-9-4-10-25(12-11-24)22(27)19-5-3-6-20(23)15-19/h3,5-8,13,15H,4,9-12,14H2,1-2H3. The summed E-state index contributed by atoms with van der Waals surface area (Å²) < 4.78 is 13.4. The van der Waals surface area contributed by atoms with Gasteiger partial charge in [0.15, 0.2) is 0 Å². The van der Waals surface area contributed by atoms with Gasteiger partial charge in [-0.3, -0.25) is 9.59 Å². The van der Waals surface area contributed by atoms with Crippen molar-refractivity contribution in [1.82, 2.24) is 9.80 Å². The zero-order chi connectivity index (χ0) is 19.4. The summed E-state index contributed by atoms with van der Waals surface area (Å²) in [5.41, 5.74) is 3.76. The van der Waals surface area contributed by atoms with Gasteiger partial charge in [0.25, 0.3) is 5.91 Å². The Morgan fingerprint density at radius 2 is 1.67 bits per heavy atom. The van der Waals surface area contributed by atoms with E-state index in [1.165, 1.54) is 23.3 Å². The zero-order valence-electron chi connectivity index (χ0n) is 15.9. The molecular formula is C22H25FN2O2. The van der Waals surface area contributed by atoms with E-state index in [0.29, 0.717) is 38.2 Å². The normalized spacial score (nSPS) is 14.8. The van der Waals surface area contributed by atoms with E-state index in [9.17, 15) is 14.0 Å². The lowest BCUT2D eigenvalue weighted by molar-refractivity contribution is -0.130. The molecule has 1 saturated heterocycles. The van der Waals surface area contributed by atoms with E-state index in [2.05, 4.69) is 13.0 Å². The highest BCUT2D eigenvalue weighted by molar-refractivity contribution is 5.94. The molecule has 0 saturated carbocycles. The molecule has 4 nitrogen and oxygen atoms in total. The van der Waals surface area contributed by atoms with Crippen LogP contribution in [0.5, 0.6) is 0 Å². The second-order valence-corrected chi connectivity index (χ2v) is 7.13. The van der Waals surface area contributed by atoms with Crippen molar-refractivity contribution >= 4 is 11.8 Å². The summed E-state index contributed by atoms with van der Waals surface area (Å²) in [7, 11) is 0. The topological polar surface area (TPSA) is 40.6 Å². The number of aryl methyl sites for hydroxylation is 2. The Labute approximate surface area is 159 Å². The van der Waals surface area contributed by atoms with Crippen LogP contribution in [-0.4, -0.2) is 47.8 Å². The van der Waals surface area contributed by atoms with Gasteiger partial charge in [0.2, 0.25) is 5.91 Å². The molecule has 5 heteroatoms. The Bertz CT molecular complexity index is 850. The molecular weight excluding hydrogens is 343 g/mol. The van der Waals surface area contributed by atoms with E-state index in [4.69, 9.17) is 0 Å². The lowest BCUT2D eigenvalue weighted by Gasteiger charge is -2.22. The molecule has 2 aromatic carbocycles. The first-order valence-electron chi connectivity index (χ1n) is 9.33. The van der Waals surface area contributed by atoms with Crippen LogP contribution in [0.4, 0.5) is 4.39 Å².